The molecule has 0 atom stereocenters. The van der Waals surface area contributed by atoms with Crippen molar-refractivity contribution < 1.29 is 4.79 Å². The molecule has 0 saturated heterocycles. The van der Waals surface area contributed by atoms with Crippen molar-refractivity contribution in [2.75, 3.05) is 0 Å². The van der Waals surface area contributed by atoms with Gasteiger partial charge in [0.1, 0.15) is 0 Å². The lowest BCUT2D eigenvalue weighted by Crippen LogP contribution is -2.23. The predicted molar refractivity (Wildman–Crippen MR) is 85.1 cm³/mol. The summed E-state index contributed by atoms with van der Waals surface area (Å²) < 4.78 is 1.65. The molecular formula is C15H17N5OS. The molecule has 0 spiro atoms. The van der Waals surface area contributed by atoms with Crippen molar-refractivity contribution in [3.63, 3.8) is 0 Å². The van der Waals surface area contributed by atoms with Gasteiger partial charge in [-0.05, 0) is 12.5 Å². The van der Waals surface area contributed by atoms with Crippen molar-refractivity contribution in [1.29, 1.82) is 0 Å². The van der Waals surface area contributed by atoms with Crippen LogP contribution < -0.4 is 5.32 Å². The Morgan fingerprint density at radius 1 is 1.36 bits per heavy atom. The third-order valence-electron chi connectivity index (χ3n) is 3.26. The molecule has 0 bridgehead atoms. The van der Waals surface area contributed by atoms with E-state index < -0.39 is 0 Å². The van der Waals surface area contributed by atoms with E-state index >= 15 is 0 Å². The maximum Gasteiger partial charge on any atom is 0.282 e. The van der Waals surface area contributed by atoms with Crippen LogP contribution in [0.15, 0.2) is 24.3 Å². The Hall–Kier alpha value is -2.28. The normalized spacial score (nSPS) is 11.3. The van der Waals surface area contributed by atoms with E-state index in [1.807, 2.05) is 39.0 Å². The number of nitrogens with zero attached hydrogens (tertiary/aromatic N) is 4. The summed E-state index contributed by atoms with van der Waals surface area (Å²) in [4.78, 5) is 12.9. The van der Waals surface area contributed by atoms with Gasteiger partial charge in [-0.1, -0.05) is 55.0 Å². The van der Waals surface area contributed by atoms with Crippen LogP contribution in [0.5, 0.6) is 0 Å². The summed E-state index contributed by atoms with van der Waals surface area (Å²) in [5, 5.41) is 15.8. The van der Waals surface area contributed by atoms with Gasteiger partial charge in [0.2, 0.25) is 9.97 Å². The lowest BCUT2D eigenvalue weighted by atomic mass is 10.1. The molecule has 2 aromatic heterocycles. The third kappa shape index (κ3) is 2.85. The number of hydrogen-bond acceptors (Lipinski definition) is 5. The molecule has 0 radical (unpaired) electrons. The molecule has 0 unspecified atom stereocenters. The second-order valence-corrected chi connectivity index (χ2v) is 6.44. The average molecular weight is 315 g/mol. The highest BCUT2D eigenvalue weighted by molar-refractivity contribution is 7.18. The second kappa shape index (κ2) is 5.84. The van der Waals surface area contributed by atoms with Gasteiger partial charge in [-0.25, -0.2) is 0 Å². The molecule has 0 aliphatic carbocycles. The Balaban J connectivity index is 1.75. The fraction of sp³-hybridized carbons (Fsp3) is 0.333. The Labute approximate surface area is 132 Å². The zero-order valence-electron chi connectivity index (χ0n) is 12.7. The van der Waals surface area contributed by atoms with Crippen LogP contribution in [0.3, 0.4) is 0 Å². The van der Waals surface area contributed by atoms with E-state index in [1.54, 1.807) is 4.52 Å². The number of rotatable bonds is 4. The highest BCUT2D eigenvalue weighted by atomic mass is 32.1. The molecular weight excluding hydrogens is 298 g/mol. The van der Waals surface area contributed by atoms with E-state index in [4.69, 9.17) is 0 Å². The Bertz CT molecular complexity index is 820. The lowest BCUT2D eigenvalue weighted by molar-refractivity contribution is 0.0949. The van der Waals surface area contributed by atoms with Crippen molar-refractivity contribution in [2.24, 2.45) is 0 Å². The summed E-state index contributed by atoms with van der Waals surface area (Å²) in [5.41, 5.74) is 2.24. The molecule has 3 aromatic rings. The van der Waals surface area contributed by atoms with Gasteiger partial charge in [-0.2, -0.15) is 4.52 Å². The summed E-state index contributed by atoms with van der Waals surface area (Å²) in [6.07, 6.45) is 0. The number of hydrogen-bond donors (Lipinski definition) is 1. The van der Waals surface area contributed by atoms with Crippen LogP contribution in [0, 0.1) is 6.92 Å². The molecule has 1 amide bonds. The van der Waals surface area contributed by atoms with E-state index in [1.165, 1.54) is 16.9 Å². The third-order valence-corrected chi connectivity index (χ3v) is 4.16. The summed E-state index contributed by atoms with van der Waals surface area (Å²) in [7, 11) is 0. The molecule has 1 N–H and O–H groups in total. The number of aromatic nitrogens is 4. The van der Waals surface area contributed by atoms with E-state index in [9.17, 15) is 4.79 Å². The van der Waals surface area contributed by atoms with Crippen molar-refractivity contribution in [2.45, 2.75) is 33.2 Å². The van der Waals surface area contributed by atoms with Gasteiger partial charge in [0.15, 0.2) is 5.82 Å². The predicted octanol–water partition coefficient (Wildman–Crippen LogP) is 2.55. The summed E-state index contributed by atoms with van der Waals surface area (Å²) in [6, 6.07) is 8.05. The Morgan fingerprint density at radius 2 is 2.18 bits per heavy atom. The minimum absolute atomic E-state index is 0.188. The SMILES string of the molecule is Cc1cccc(CNC(=O)c2nn3c(C(C)C)nnc3s2)c1. The number of benzene rings is 1. The van der Waals surface area contributed by atoms with Crippen LogP contribution in [0.4, 0.5) is 0 Å². The molecule has 22 heavy (non-hydrogen) atoms. The summed E-state index contributed by atoms with van der Waals surface area (Å²) in [6.45, 7) is 6.56. The van der Waals surface area contributed by atoms with Gasteiger partial charge in [-0.3, -0.25) is 4.79 Å². The number of carbonyl (C=O) groups excluding carboxylic acids is 1. The maximum absolute atomic E-state index is 12.2. The maximum atomic E-state index is 12.2. The van der Waals surface area contributed by atoms with Crippen LogP contribution >= 0.6 is 11.3 Å². The highest BCUT2D eigenvalue weighted by Crippen LogP contribution is 2.18. The standard InChI is InChI=1S/C15H17N5OS/c1-9(2)12-17-18-15-20(12)19-14(22-15)13(21)16-8-11-6-4-5-10(3)7-11/h4-7,9H,8H2,1-3H3,(H,16,21). The number of aryl methyl sites for hydroxylation is 1. The first-order valence-electron chi connectivity index (χ1n) is 7.10. The number of amides is 1. The van der Waals surface area contributed by atoms with Crippen LogP contribution in [-0.2, 0) is 6.54 Å². The molecule has 0 aliphatic heterocycles. The van der Waals surface area contributed by atoms with Crippen molar-refractivity contribution >= 4 is 22.2 Å². The van der Waals surface area contributed by atoms with Crippen molar-refractivity contribution in [3.8, 4) is 0 Å². The summed E-state index contributed by atoms with van der Waals surface area (Å²) >= 11 is 1.25. The first kappa shape index (κ1) is 14.6. The minimum Gasteiger partial charge on any atom is -0.346 e. The molecule has 7 heteroatoms. The van der Waals surface area contributed by atoms with Crippen molar-refractivity contribution in [1.82, 2.24) is 25.1 Å². The van der Waals surface area contributed by atoms with Crippen LogP contribution in [0.1, 0.15) is 46.5 Å². The average Bonchev–Trinajstić information content (AvgIpc) is 3.04. The monoisotopic (exact) mass is 315 g/mol. The fourth-order valence-electron chi connectivity index (χ4n) is 2.16. The first-order valence-corrected chi connectivity index (χ1v) is 7.92. The van der Waals surface area contributed by atoms with Crippen LogP contribution in [0.25, 0.3) is 4.96 Å². The zero-order valence-corrected chi connectivity index (χ0v) is 13.5. The van der Waals surface area contributed by atoms with Gasteiger partial charge in [0.05, 0.1) is 0 Å². The first-order chi connectivity index (χ1) is 10.5. The lowest BCUT2D eigenvalue weighted by Gasteiger charge is -2.04. The van der Waals surface area contributed by atoms with Crippen LogP contribution in [0.2, 0.25) is 0 Å². The fourth-order valence-corrected chi connectivity index (χ4v) is 2.93. The van der Waals surface area contributed by atoms with Gasteiger partial charge in [0, 0.05) is 12.5 Å². The highest BCUT2D eigenvalue weighted by Gasteiger charge is 2.18. The quantitative estimate of drug-likeness (QED) is 0.803. The van der Waals surface area contributed by atoms with Gasteiger partial charge in [0.25, 0.3) is 5.91 Å². The molecule has 3 rings (SSSR count). The Morgan fingerprint density at radius 3 is 2.91 bits per heavy atom. The second-order valence-electron chi connectivity index (χ2n) is 5.49. The van der Waals surface area contributed by atoms with Gasteiger partial charge < -0.3 is 5.32 Å². The van der Waals surface area contributed by atoms with E-state index in [0.717, 1.165) is 11.4 Å². The smallest absolute Gasteiger partial charge is 0.282 e. The van der Waals surface area contributed by atoms with E-state index in [-0.39, 0.29) is 11.8 Å². The zero-order chi connectivity index (χ0) is 15.7. The molecule has 0 saturated carbocycles. The topological polar surface area (TPSA) is 72.2 Å². The molecule has 114 valence electrons. The molecule has 0 fully saturated rings. The molecule has 0 aliphatic rings. The van der Waals surface area contributed by atoms with Gasteiger partial charge in [-0.15, -0.1) is 15.3 Å². The molecule has 6 nitrogen and oxygen atoms in total. The van der Waals surface area contributed by atoms with E-state index in [0.29, 0.717) is 16.5 Å². The van der Waals surface area contributed by atoms with E-state index in [2.05, 4.69) is 26.7 Å². The Kier molecular flexibility index (Phi) is 3.89. The van der Waals surface area contributed by atoms with Gasteiger partial charge >= 0.3 is 0 Å². The molecule has 2 heterocycles. The largest absolute Gasteiger partial charge is 0.346 e. The molecule has 1 aromatic carbocycles. The number of fused-ring (bicyclic) bond motifs is 1. The summed E-state index contributed by atoms with van der Waals surface area (Å²) in [5.74, 6) is 0.788. The van der Waals surface area contributed by atoms with Crippen molar-refractivity contribution in [3.05, 3.63) is 46.2 Å². The minimum atomic E-state index is -0.188. The number of carbonyl (C=O) groups is 1. The number of nitrogens with one attached hydrogen (secondary N) is 1. The van der Waals surface area contributed by atoms with Crippen LogP contribution in [-0.4, -0.2) is 25.7 Å².